The molecule has 0 bridgehead atoms. The molecule has 0 amide bonds. The van der Waals surface area contributed by atoms with E-state index in [1.165, 1.54) is 0 Å². The molecule has 3 aromatic rings. The molecule has 0 aliphatic heterocycles. The number of rotatable bonds is 4. The molecular weight excluding hydrogens is 383 g/mol. The van der Waals surface area contributed by atoms with Crippen LogP contribution >= 0.6 is 24.8 Å². The lowest BCUT2D eigenvalue weighted by Gasteiger charge is -2.10. The minimum atomic E-state index is 0. The van der Waals surface area contributed by atoms with Crippen molar-refractivity contribution in [2.24, 2.45) is 0 Å². The van der Waals surface area contributed by atoms with Crippen LogP contribution in [0.5, 0.6) is 0 Å². The van der Waals surface area contributed by atoms with Crippen molar-refractivity contribution in [1.82, 2.24) is 10.6 Å². The van der Waals surface area contributed by atoms with E-state index in [9.17, 15) is 0 Å². The highest BCUT2D eigenvalue weighted by molar-refractivity contribution is 6.09. The third kappa shape index (κ3) is 4.93. The quantitative estimate of drug-likeness (QED) is 0.358. The average Bonchev–Trinajstić information content (AvgIpc) is 2.90. The molecule has 3 rings (SSSR count). The first-order chi connectivity index (χ1) is 11.8. The maximum absolute atomic E-state index is 8.14. The number of halogens is 2. The van der Waals surface area contributed by atoms with Crippen LogP contribution in [0.1, 0.15) is 38.8 Å². The minimum absolute atomic E-state index is 0. The highest BCUT2D eigenvalue weighted by Gasteiger charge is 2.12. The molecule has 1 heterocycles. The number of amidine groups is 2. The second kappa shape index (κ2) is 9.11. The van der Waals surface area contributed by atoms with E-state index in [-0.39, 0.29) is 36.9 Å². The van der Waals surface area contributed by atoms with Crippen LogP contribution in [0.25, 0.3) is 21.9 Å². The largest absolute Gasteiger partial charge is 0.456 e. The molecule has 0 aliphatic carbocycles. The van der Waals surface area contributed by atoms with Crippen LogP contribution in [0.4, 0.5) is 0 Å². The molecule has 27 heavy (non-hydrogen) atoms. The van der Waals surface area contributed by atoms with E-state index in [0.717, 1.165) is 33.1 Å². The molecule has 0 spiro atoms. The van der Waals surface area contributed by atoms with Gasteiger partial charge in [-0.05, 0) is 52.0 Å². The van der Waals surface area contributed by atoms with Gasteiger partial charge >= 0.3 is 0 Å². The van der Waals surface area contributed by atoms with Gasteiger partial charge in [0.15, 0.2) is 0 Å². The van der Waals surface area contributed by atoms with Gasteiger partial charge in [0, 0.05) is 34.0 Å². The minimum Gasteiger partial charge on any atom is -0.456 e. The lowest BCUT2D eigenvalue weighted by atomic mass is 10.1. The molecule has 2 aromatic carbocycles. The Labute approximate surface area is 171 Å². The van der Waals surface area contributed by atoms with E-state index in [1.54, 1.807) is 0 Å². The van der Waals surface area contributed by atoms with E-state index in [4.69, 9.17) is 15.2 Å². The Kier molecular flexibility index (Phi) is 7.69. The lowest BCUT2D eigenvalue weighted by molar-refractivity contribution is 0.668. The Morgan fingerprint density at radius 2 is 1.11 bits per heavy atom. The molecule has 0 radical (unpaired) electrons. The summed E-state index contributed by atoms with van der Waals surface area (Å²) in [6.45, 7) is 8.04. The Balaban J connectivity index is 0.00000182. The lowest BCUT2D eigenvalue weighted by Crippen LogP contribution is -2.30. The summed E-state index contributed by atoms with van der Waals surface area (Å²) < 4.78 is 6.00. The van der Waals surface area contributed by atoms with E-state index < -0.39 is 0 Å². The van der Waals surface area contributed by atoms with Crippen molar-refractivity contribution < 1.29 is 4.42 Å². The molecule has 5 nitrogen and oxygen atoms in total. The van der Waals surface area contributed by atoms with Gasteiger partial charge in [0.1, 0.15) is 22.8 Å². The summed E-state index contributed by atoms with van der Waals surface area (Å²) in [7, 11) is 0. The summed E-state index contributed by atoms with van der Waals surface area (Å²) in [6.07, 6.45) is 0. The zero-order valence-electron chi connectivity index (χ0n) is 15.8. The van der Waals surface area contributed by atoms with Crippen molar-refractivity contribution in [3.63, 3.8) is 0 Å². The molecular formula is C20H26Cl2N4O. The van der Waals surface area contributed by atoms with Gasteiger partial charge in [-0.3, -0.25) is 10.8 Å². The van der Waals surface area contributed by atoms with Crippen molar-refractivity contribution in [2.45, 2.75) is 39.8 Å². The predicted octanol–water partition coefficient (Wildman–Crippen LogP) is 5.08. The number of hydrogen-bond donors (Lipinski definition) is 4. The van der Waals surface area contributed by atoms with Gasteiger partial charge in [0.2, 0.25) is 0 Å². The van der Waals surface area contributed by atoms with Gasteiger partial charge in [0.05, 0.1) is 0 Å². The number of nitrogens with one attached hydrogen (secondary N) is 4. The maximum atomic E-state index is 8.14. The fourth-order valence-corrected chi connectivity index (χ4v) is 2.83. The van der Waals surface area contributed by atoms with Crippen LogP contribution < -0.4 is 10.6 Å². The first-order valence-electron chi connectivity index (χ1n) is 8.52. The second-order valence-electron chi connectivity index (χ2n) is 6.87. The van der Waals surface area contributed by atoms with Crippen LogP contribution in [-0.4, -0.2) is 23.8 Å². The van der Waals surface area contributed by atoms with Crippen LogP contribution in [0.2, 0.25) is 0 Å². The summed E-state index contributed by atoms with van der Waals surface area (Å²) >= 11 is 0. The first-order valence-corrected chi connectivity index (χ1v) is 8.52. The van der Waals surface area contributed by atoms with Gasteiger partial charge in [-0.25, -0.2) is 0 Å². The molecule has 0 saturated heterocycles. The Morgan fingerprint density at radius 3 is 1.44 bits per heavy atom. The van der Waals surface area contributed by atoms with E-state index in [1.807, 2.05) is 64.1 Å². The standard InChI is InChI=1S/C20H24N4O.2ClH/c1-11(2)23-19(21)13-5-7-15-16-8-6-14(20(22)24-12(3)4)10-18(16)25-17(15)9-13;;/h5-12H,1-4H3,(H2,21,23)(H2,22,24);2*1H. The zero-order valence-corrected chi connectivity index (χ0v) is 17.5. The number of fused-ring (bicyclic) bond motifs is 3. The van der Waals surface area contributed by atoms with Gasteiger partial charge in [0.25, 0.3) is 0 Å². The van der Waals surface area contributed by atoms with Gasteiger partial charge in [-0.15, -0.1) is 24.8 Å². The SMILES string of the molecule is CC(C)NC(=N)c1ccc2c(c1)oc1cc(C(=N)NC(C)C)ccc12.Cl.Cl. The normalized spacial score (nSPS) is 10.6. The number of benzene rings is 2. The Morgan fingerprint density at radius 1 is 0.741 bits per heavy atom. The molecule has 146 valence electrons. The van der Waals surface area contributed by atoms with Crippen molar-refractivity contribution in [3.8, 4) is 0 Å². The number of hydrogen-bond acceptors (Lipinski definition) is 3. The summed E-state index contributed by atoms with van der Waals surface area (Å²) in [5, 5.41) is 24.5. The molecule has 0 aliphatic rings. The molecule has 0 saturated carbocycles. The molecule has 1 aromatic heterocycles. The van der Waals surface area contributed by atoms with E-state index in [2.05, 4.69) is 10.6 Å². The summed E-state index contributed by atoms with van der Waals surface area (Å²) in [4.78, 5) is 0. The van der Waals surface area contributed by atoms with Crippen molar-refractivity contribution in [3.05, 3.63) is 47.5 Å². The summed E-state index contributed by atoms with van der Waals surface area (Å²) in [5.74, 6) is 0.780. The summed E-state index contributed by atoms with van der Waals surface area (Å²) in [6, 6.07) is 12.1. The van der Waals surface area contributed by atoms with Gasteiger partial charge in [-0.2, -0.15) is 0 Å². The molecule has 0 unspecified atom stereocenters. The van der Waals surface area contributed by atoms with Crippen molar-refractivity contribution in [2.75, 3.05) is 0 Å². The third-order valence-corrected chi connectivity index (χ3v) is 3.92. The maximum Gasteiger partial charge on any atom is 0.136 e. The van der Waals surface area contributed by atoms with Crippen LogP contribution in [0.3, 0.4) is 0 Å². The zero-order chi connectivity index (χ0) is 18.1. The first kappa shape index (κ1) is 22.8. The van der Waals surface area contributed by atoms with Crippen LogP contribution in [-0.2, 0) is 0 Å². The van der Waals surface area contributed by atoms with E-state index >= 15 is 0 Å². The Bertz CT molecular complexity index is 887. The van der Waals surface area contributed by atoms with Gasteiger partial charge in [-0.1, -0.05) is 12.1 Å². The highest BCUT2D eigenvalue weighted by Crippen LogP contribution is 2.30. The summed E-state index contributed by atoms with van der Waals surface area (Å²) in [5.41, 5.74) is 3.11. The molecule has 0 fully saturated rings. The fourth-order valence-electron chi connectivity index (χ4n) is 2.83. The van der Waals surface area contributed by atoms with Gasteiger partial charge < -0.3 is 15.1 Å². The Hall–Kier alpha value is -2.24. The molecule has 7 heteroatoms. The fraction of sp³-hybridized carbons (Fsp3) is 0.300. The smallest absolute Gasteiger partial charge is 0.136 e. The highest BCUT2D eigenvalue weighted by atomic mass is 35.5. The second-order valence-corrected chi connectivity index (χ2v) is 6.87. The van der Waals surface area contributed by atoms with Crippen molar-refractivity contribution in [1.29, 1.82) is 10.8 Å². The monoisotopic (exact) mass is 408 g/mol. The van der Waals surface area contributed by atoms with Crippen LogP contribution in [0.15, 0.2) is 40.8 Å². The van der Waals surface area contributed by atoms with E-state index in [0.29, 0.717) is 11.7 Å². The predicted molar refractivity (Wildman–Crippen MR) is 118 cm³/mol. The number of furan rings is 1. The topological polar surface area (TPSA) is 84.9 Å². The average molecular weight is 409 g/mol. The van der Waals surface area contributed by atoms with Crippen LogP contribution in [0, 0.1) is 10.8 Å². The third-order valence-electron chi connectivity index (χ3n) is 3.92. The molecule has 4 N–H and O–H groups in total. The van der Waals surface area contributed by atoms with Crippen molar-refractivity contribution >= 4 is 58.4 Å². The molecule has 0 atom stereocenters.